The third-order valence-electron chi connectivity index (χ3n) is 3.56. The lowest BCUT2D eigenvalue weighted by Gasteiger charge is -2.28. The number of nitrogens with two attached hydrogens (primary N) is 1. The summed E-state index contributed by atoms with van der Waals surface area (Å²) in [6.07, 6.45) is 0.749. The van der Waals surface area contributed by atoms with Gasteiger partial charge in [0.25, 0.3) is 5.91 Å². The van der Waals surface area contributed by atoms with E-state index in [1.54, 1.807) is 37.3 Å². The third kappa shape index (κ3) is 5.37. The Balaban J connectivity index is 2.87. The van der Waals surface area contributed by atoms with Crippen molar-refractivity contribution in [1.29, 1.82) is 0 Å². The summed E-state index contributed by atoms with van der Waals surface area (Å²) in [5.41, 5.74) is 5.84. The number of carbonyl (C=O) groups excluding carboxylic acids is 1. The summed E-state index contributed by atoms with van der Waals surface area (Å²) in [6, 6.07) is 6.43. The van der Waals surface area contributed by atoms with Gasteiger partial charge in [0.15, 0.2) is 0 Å². The number of aliphatic carboxylic acids is 2. The minimum atomic E-state index is -1.11. The van der Waals surface area contributed by atoms with E-state index in [0.717, 1.165) is 0 Å². The van der Waals surface area contributed by atoms with Gasteiger partial charge in [-0.2, -0.15) is 0 Å². The normalized spacial score (nSPS) is 13.1. The van der Waals surface area contributed by atoms with Crippen molar-refractivity contribution in [3.05, 3.63) is 35.9 Å². The topological polar surface area (TPSA) is 121 Å². The lowest BCUT2D eigenvalue weighted by atomic mass is 10.1. The molecule has 126 valence electrons. The van der Waals surface area contributed by atoms with E-state index in [4.69, 9.17) is 10.8 Å². The van der Waals surface area contributed by atoms with Gasteiger partial charge in [0.2, 0.25) is 0 Å². The molecule has 0 saturated carbocycles. The summed E-state index contributed by atoms with van der Waals surface area (Å²) >= 11 is 0. The highest BCUT2D eigenvalue weighted by Crippen LogP contribution is 2.13. The predicted molar refractivity (Wildman–Crippen MR) is 84.0 cm³/mol. The second kappa shape index (κ2) is 8.89. The summed E-state index contributed by atoms with van der Waals surface area (Å²) in [4.78, 5) is 36.0. The number of hydrogen-bond acceptors (Lipinski definition) is 4. The van der Waals surface area contributed by atoms with Crippen molar-refractivity contribution in [1.82, 2.24) is 4.90 Å². The fraction of sp³-hybridized carbons (Fsp3) is 0.438. The molecular weight excluding hydrogens is 300 g/mol. The molecule has 1 rings (SSSR count). The molecule has 7 nitrogen and oxygen atoms in total. The fourth-order valence-corrected chi connectivity index (χ4v) is 2.28. The maximum absolute atomic E-state index is 12.6. The molecular formula is C16H22N2O5. The first kappa shape index (κ1) is 18.6. The van der Waals surface area contributed by atoms with Gasteiger partial charge in [0.1, 0.15) is 12.1 Å². The Morgan fingerprint density at radius 3 is 2.22 bits per heavy atom. The maximum atomic E-state index is 12.6. The van der Waals surface area contributed by atoms with Gasteiger partial charge >= 0.3 is 11.9 Å². The maximum Gasteiger partial charge on any atom is 0.326 e. The summed E-state index contributed by atoms with van der Waals surface area (Å²) in [6.45, 7) is 1.83. The third-order valence-corrected chi connectivity index (χ3v) is 3.56. The number of benzene rings is 1. The fourth-order valence-electron chi connectivity index (χ4n) is 2.28. The van der Waals surface area contributed by atoms with E-state index < -0.39 is 24.0 Å². The van der Waals surface area contributed by atoms with E-state index in [-0.39, 0.29) is 25.3 Å². The number of carbonyl (C=O) groups is 3. The molecule has 0 radical (unpaired) electrons. The standard InChI is InChI=1S/C16H22N2O5/c1-2-13(16(22)23)18(10-6-9-12(17)15(20)21)14(19)11-7-4-3-5-8-11/h3-5,7-8,12-13H,2,6,9-10,17H2,1H3,(H,20,21)(H,22,23)/t12-,13?/m0/s1. The van der Waals surface area contributed by atoms with Crippen molar-refractivity contribution < 1.29 is 24.6 Å². The van der Waals surface area contributed by atoms with E-state index in [1.165, 1.54) is 4.90 Å². The number of nitrogens with zero attached hydrogens (tertiary/aromatic N) is 1. The van der Waals surface area contributed by atoms with E-state index in [9.17, 15) is 19.5 Å². The minimum Gasteiger partial charge on any atom is -0.480 e. The molecule has 1 amide bonds. The van der Waals surface area contributed by atoms with E-state index >= 15 is 0 Å². The Hall–Kier alpha value is -2.41. The number of carboxylic acid groups (broad SMARTS) is 2. The van der Waals surface area contributed by atoms with Gasteiger partial charge in [-0.25, -0.2) is 4.79 Å². The highest BCUT2D eigenvalue weighted by Gasteiger charge is 2.28. The monoisotopic (exact) mass is 322 g/mol. The Bertz CT molecular complexity index is 547. The number of carboxylic acids is 2. The molecule has 0 fully saturated rings. The van der Waals surface area contributed by atoms with Gasteiger partial charge in [0, 0.05) is 12.1 Å². The zero-order chi connectivity index (χ0) is 17.4. The van der Waals surface area contributed by atoms with Gasteiger partial charge in [-0.05, 0) is 31.4 Å². The van der Waals surface area contributed by atoms with E-state index in [0.29, 0.717) is 12.0 Å². The lowest BCUT2D eigenvalue weighted by molar-refractivity contribution is -0.143. The molecule has 4 N–H and O–H groups in total. The summed E-state index contributed by atoms with van der Waals surface area (Å²) < 4.78 is 0. The molecule has 1 aromatic carbocycles. The average molecular weight is 322 g/mol. The molecule has 1 unspecified atom stereocenters. The molecule has 0 spiro atoms. The van der Waals surface area contributed by atoms with Gasteiger partial charge in [0.05, 0.1) is 0 Å². The highest BCUT2D eigenvalue weighted by molar-refractivity contribution is 5.96. The second-order valence-electron chi connectivity index (χ2n) is 5.21. The van der Waals surface area contributed by atoms with Crippen LogP contribution in [0.4, 0.5) is 0 Å². The molecule has 0 bridgehead atoms. The quantitative estimate of drug-likeness (QED) is 0.628. The second-order valence-corrected chi connectivity index (χ2v) is 5.21. The van der Waals surface area contributed by atoms with Gasteiger partial charge in [-0.1, -0.05) is 25.1 Å². The summed E-state index contributed by atoms with van der Waals surface area (Å²) in [7, 11) is 0. The first-order valence-electron chi connectivity index (χ1n) is 7.45. The Morgan fingerprint density at radius 1 is 1.13 bits per heavy atom. The average Bonchev–Trinajstić information content (AvgIpc) is 2.53. The van der Waals surface area contributed by atoms with Crippen molar-refractivity contribution in [2.45, 2.75) is 38.3 Å². The van der Waals surface area contributed by atoms with Crippen LogP contribution in [0.2, 0.25) is 0 Å². The van der Waals surface area contributed by atoms with Crippen molar-refractivity contribution >= 4 is 17.8 Å². The molecule has 2 atom stereocenters. The molecule has 0 aliphatic carbocycles. The molecule has 23 heavy (non-hydrogen) atoms. The van der Waals surface area contributed by atoms with E-state index in [1.807, 2.05) is 0 Å². The van der Waals surface area contributed by atoms with Crippen LogP contribution in [-0.4, -0.2) is 51.6 Å². The first-order chi connectivity index (χ1) is 10.9. The largest absolute Gasteiger partial charge is 0.480 e. The van der Waals surface area contributed by atoms with Gasteiger partial charge < -0.3 is 20.8 Å². The zero-order valence-electron chi connectivity index (χ0n) is 13.0. The molecule has 7 heteroatoms. The Labute approximate surface area is 134 Å². The molecule has 0 aromatic heterocycles. The van der Waals surface area contributed by atoms with Crippen LogP contribution in [0, 0.1) is 0 Å². The SMILES string of the molecule is CCC(C(=O)O)N(CCC[C@H](N)C(=O)O)C(=O)c1ccccc1. The predicted octanol–water partition coefficient (Wildman–Crippen LogP) is 1.18. The summed E-state index contributed by atoms with van der Waals surface area (Å²) in [5.74, 6) is -2.58. The lowest BCUT2D eigenvalue weighted by Crippen LogP contribution is -2.45. The van der Waals surface area contributed by atoms with Crippen molar-refractivity contribution in [2.24, 2.45) is 5.73 Å². The van der Waals surface area contributed by atoms with Gasteiger partial charge in [-0.15, -0.1) is 0 Å². The zero-order valence-corrected chi connectivity index (χ0v) is 13.0. The number of amides is 1. The molecule has 0 aliphatic heterocycles. The van der Waals surface area contributed by atoms with Crippen molar-refractivity contribution in [3.8, 4) is 0 Å². The molecule has 1 aromatic rings. The number of hydrogen-bond donors (Lipinski definition) is 3. The molecule has 0 saturated heterocycles. The molecule has 0 aliphatic rings. The highest BCUT2D eigenvalue weighted by atomic mass is 16.4. The number of rotatable bonds is 9. The first-order valence-corrected chi connectivity index (χ1v) is 7.45. The van der Waals surface area contributed by atoms with Crippen LogP contribution in [0.25, 0.3) is 0 Å². The van der Waals surface area contributed by atoms with E-state index in [2.05, 4.69) is 0 Å². The summed E-state index contributed by atoms with van der Waals surface area (Å²) in [5, 5.41) is 18.1. The Kier molecular flexibility index (Phi) is 7.21. The van der Waals surface area contributed by atoms with Crippen LogP contribution in [0.15, 0.2) is 30.3 Å². The van der Waals surface area contributed by atoms with Crippen LogP contribution < -0.4 is 5.73 Å². The van der Waals surface area contributed by atoms with Crippen LogP contribution in [0.3, 0.4) is 0 Å². The van der Waals surface area contributed by atoms with Crippen LogP contribution in [0.1, 0.15) is 36.5 Å². The van der Waals surface area contributed by atoms with Crippen molar-refractivity contribution in [3.63, 3.8) is 0 Å². The molecule has 0 heterocycles. The van der Waals surface area contributed by atoms with Crippen LogP contribution >= 0.6 is 0 Å². The van der Waals surface area contributed by atoms with Crippen molar-refractivity contribution in [2.75, 3.05) is 6.54 Å². The minimum absolute atomic E-state index is 0.138. The Morgan fingerprint density at radius 2 is 1.74 bits per heavy atom. The van der Waals surface area contributed by atoms with Gasteiger partial charge in [-0.3, -0.25) is 9.59 Å². The van der Waals surface area contributed by atoms with Crippen LogP contribution in [0.5, 0.6) is 0 Å². The van der Waals surface area contributed by atoms with Crippen LogP contribution in [-0.2, 0) is 9.59 Å². The smallest absolute Gasteiger partial charge is 0.326 e.